The Hall–Kier alpha value is -2.74. The molecule has 1 aliphatic rings. The predicted molar refractivity (Wildman–Crippen MR) is 144 cm³/mol. The van der Waals surface area contributed by atoms with Crippen molar-refractivity contribution in [2.75, 3.05) is 18.0 Å². The Morgan fingerprint density at radius 2 is 1.76 bits per heavy atom. The molecule has 1 saturated heterocycles. The summed E-state index contributed by atoms with van der Waals surface area (Å²) in [4.78, 5) is 23.5. The van der Waals surface area contributed by atoms with Gasteiger partial charge >= 0.3 is 5.97 Å². The van der Waals surface area contributed by atoms with Crippen LogP contribution in [0.4, 0.5) is 10.1 Å². The van der Waals surface area contributed by atoms with Gasteiger partial charge in [-0.1, -0.05) is 27.7 Å². The maximum atomic E-state index is 15.2. The molecule has 3 heterocycles. The topological polar surface area (TPSA) is 84.8 Å². The van der Waals surface area contributed by atoms with E-state index in [1.807, 2.05) is 41.5 Å². The number of piperidine rings is 1. The molecule has 2 atom stereocenters. The number of carboxylic acids is 1. The average Bonchev–Trinajstić information content (AvgIpc) is 2.78. The largest absolute Gasteiger partial charge is 0.479 e. The van der Waals surface area contributed by atoms with Gasteiger partial charge in [0.25, 0.3) is 5.88 Å². The van der Waals surface area contributed by atoms with Crippen molar-refractivity contribution in [1.29, 1.82) is 0 Å². The van der Waals surface area contributed by atoms with Crippen LogP contribution in [0, 0.1) is 24.1 Å². The van der Waals surface area contributed by atoms with Gasteiger partial charge in [0.15, 0.2) is 11.9 Å². The SMILES string of the molecule is Cc1ncc(-c2cnc(O[C@@H](C)C(C)C)c(F)c2)c(N2CCC(C)(C)CC2)c1[C@H](OC(C)(C)C)C(=O)O. The Bertz CT molecular complexity index is 1120. The molecule has 0 unspecified atom stereocenters. The first kappa shape index (κ1) is 28.8. The minimum atomic E-state index is -1.23. The fourth-order valence-electron chi connectivity index (χ4n) is 4.37. The highest BCUT2D eigenvalue weighted by atomic mass is 19.1. The van der Waals surface area contributed by atoms with Crippen LogP contribution in [-0.2, 0) is 9.53 Å². The van der Waals surface area contributed by atoms with Crippen molar-refractivity contribution >= 4 is 11.7 Å². The van der Waals surface area contributed by atoms with Gasteiger partial charge in [-0.15, -0.1) is 0 Å². The summed E-state index contributed by atoms with van der Waals surface area (Å²) in [6.45, 7) is 19.1. The number of hydrogen-bond donors (Lipinski definition) is 1. The Labute approximate surface area is 220 Å². The Kier molecular flexibility index (Phi) is 8.52. The monoisotopic (exact) mass is 515 g/mol. The summed E-state index contributed by atoms with van der Waals surface area (Å²) in [6, 6.07) is 1.39. The number of ether oxygens (including phenoxy) is 2. The minimum Gasteiger partial charge on any atom is -0.479 e. The first-order chi connectivity index (χ1) is 17.1. The van der Waals surface area contributed by atoms with E-state index in [4.69, 9.17) is 9.47 Å². The number of anilines is 1. The van der Waals surface area contributed by atoms with Gasteiger partial charge in [0.2, 0.25) is 0 Å². The molecule has 0 saturated carbocycles. The number of aromatic nitrogens is 2. The number of aliphatic carboxylic acids is 1. The first-order valence-electron chi connectivity index (χ1n) is 13.1. The number of aryl methyl sites for hydroxylation is 1. The number of hydrogen-bond acceptors (Lipinski definition) is 6. The zero-order valence-electron chi connectivity index (χ0n) is 23.7. The molecule has 1 N–H and O–H groups in total. The van der Waals surface area contributed by atoms with Crippen molar-refractivity contribution in [2.24, 2.45) is 11.3 Å². The van der Waals surface area contributed by atoms with Crippen LogP contribution in [0.25, 0.3) is 11.1 Å². The van der Waals surface area contributed by atoms with Gasteiger partial charge in [-0.25, -0.2) is 14.2 Å². The summed E-state index contributed by atoms with van der Waals surface area (Å²) in [5.74, 6) is -1.51. The molecule has 0 bridgehead atoms. The van der Waals surface area contributed by atoms with Gasteiger partial charge in [0.1, 0.15) is 6.10 Å². The lowest BCUT2D eigenvalue weighted by molar-refractivity contribution is -0.160. The zero-order valence-corrected chi connectivity index (χ0v) is 23.7. The highest BCUT2D eigenvalue weighted by molar-refractivity contribution is 5.86. The maximum absolute atomic E-state index is 15.2. The molecule has 0 spiro atoms. The lowest BCUT2D eigenvalue weighted by atomic mass is 9.82. The molecule has 1 fully saturated rings. The van der Waals surface area contributed by atoms with E-state index in [-0.39, 0.29) is 23.3 Å². The van der Waals surface area contributed by atoms with Gasteiger partial charge in [-0.3, -0.25) is 4.98 Å². The van der Waals surface area contributed by atoms with Crippen molar-refractivity contribution in [3.63, 3.8) is 0 Å². The van der Waals surface area contributed by atoms with Gasteiger partial charge in [-0.05, 0) is 64.9 Å². The van der Waals surface area contributed by atoms with E-state index >= 15 is 4.39 Å². The summed E-state index contributed by atoms with van der Waals surface area (Å²) in [5.41, 5.74) is 2.40. The van der Waals surface area contributed by atoms with E-state index in [9.17, 15) is 9.90 Å². The van der Waals surface area contributed by atoms with Crippen LogP contribution < -0.4 is 9.64 Å². The van der Waals surface area contributed by atoms with Crippen molar-refractivity contribution in [1.82, 2.24) is 9.97 Å². The highest BCUT2D eigenvalue weighted by Crippen LogP contribution is 2.43. The van der Waals surface area contributed by atoms with Gasteiger partial charge < -0.3 is 19.5 Å². The summed E-state index contributed by atoms with van der Waals surface area (Å²) >= 11 is 0. The van der Waals surface area contributed by atoms with E-state index in [0.29, 0.717) is 28.1 Å². The molecule has 3 rings (SSSR count). The summed E-state index contributed by atoms with van der Waals surface area (Å²) in [5, 5.41) is 10.2. The van der Waals surface area contributed by atoms with E-state index < -0.39 is 23.5 Å². The van der Waals surface area contributed by atoms with E-state index in [2.05, 4.69) is 28.7 Å². The van der Waals surface area contributed by atoms with Gasteiger partial charge in [0.05, 0.1) is 11.3 Å². The number of nitrogens with zero attached hydrogens (tertiary/aromatic N) is 3. The first-order valence-corrected chi connectivity index (χ1v) is 13.1. The molecule has 1 aliphatic heterocycles. The average molecular weight is 516 g/mol. The third-order valence-electron chi connectivity index (χ3n) is 7.03. The predicted octanol–water partition coefficient (Wildman–Crippen LogP) is 6.58. The molecule has 7 nitrogen and oxygen atoms in total. The summed E-state index contributed by atoms with van der Waals surface area (Å²) < 4.78 is 27.0. The van der Waals surface area contributed by atoms with Crippen LogP contribution in [0.1, 0.15) is 85.6 Å². The van der Waals surface area contributed by atoms with Gasteiger partial charge in [0, 0.05) is 47.9 Å². The summed E-state index contributed by atoms with van der Waals surface area (Å²) in [6.07, 6.45) is 3.70. The molecular formula is C29H42FN3O4. The quantitative estimate of drug-likeness (QED) is 0.425. The van der Waals surface area contributed by atoms with Crippen molar-refractivity contribution in [3.8, 4) is 17.0 Å². The molecule has 37 heavy (non-hydrogen) atoms. The molecule has 2 aromatic heterocycles. The molecule has 0 amide bonds. The van der Waals surface area contributed by atoms with Crippen LogP contribution in [0.2, 0.25) is 0 Å². The molecule has 204 valence electrons. The highest BCUT2D eigenvalue weighted by Gasteiger charge is 2.36. The Morgan fingerprint density at radius 3 is 2.27 bits per heavy atom. The standard InChI is InChI=1S/C29H42FN3O4/c1-17(2)19(4)36-26-22(30)14-20(15-32-26)21-16-31-18(3)23(25(27(34)35)37-28(5,6)7)24(21)33-12-10-29(8,9)11-13-33/h14-17,19,25H,10-13H2,1-9H3,(H,34,35)/t19-,25-/m0/s1. The third-order valence-corrected chi connectivity index (χ3v) is 7.03. The third kappa shape index (κ3) is 6.98. The Morgan fingerprint density at radius 1 is 1.14 bits per heavy atom. The van der Waals surface area contributed by atoms with Crippen LogP contribution >= 0.6 is 0 Å². The molecular weight excluding hydrogens is 473 g/mol. The molecule has 0 aromatic carbocycles. The minimum absolute atomic E-state index is 0.0500. The normalized spacial score (nSPS) is 17.5. The number of halogens is 1. The van der Waals surface area contributed by atoms with E-state index in [0.717, 1.165) is 25.9 Å². The van der Waals surface area contributed by atoms with Crippen molar-refractivity contribution < 1.29 is 23.8 Å². The number of pyridine rings is 2. The fourth-order valence-corrected chi connectivity index (χ4v) is 4.37. The van der Waals surface area contributed by atoms with E-state index in [1.165, 1.54) is 6.07 Å². The second-order valence-corrected chi connectivity index (χ2v) is 12.2. The lowest BCUT2D eigenvalue weighted by Gasteiger charge is -2.40. The number of carbonyl (C=O) groups is 1. The van der Waals surface area contributed by atoms with Crippen LogP contribution in [-0.4, -0.2) is 45.8 Å². The van der Waals surface area contributed by atoms with Crippen molar-refractivity contribution in [3.05, 3.63) is 35.5 Å². The Balaban J connectivity index is 2.18. The van der Waals surface area contributed by atoms with Crippen LogP contribution in [0.15, 0.2) is 18.5 Å². The number of carboxylic acid groups (broad SMARTS) is 1. The smallest absolute Gasteiger partial charge is 0.337 e. The van der Waals surface area contributed by atoms with Crippen molar-refractivity contribution in [2.45, 2.75) is 93.0 Å². The lowest BCUT2D eigenvalue weighted by Crippen LogP contribution is -2.39. The fraction of sp³-hybridized carbons (Fsp3) is 0.621. The maximum Gasteiger partial charge on any atom is 0.337 e. The second-order valence-electron chi connectivity index (χ2n) is 12.2. The van der Waals surface area contributed by atoms with Gasteiger partial charge in [-0.2, -0.15) is 0 Å². The molecule has 0 aliphatic carbocycles. The van der Waals surface area contributed by atoms with Crippen LogP contribution in [0.5, 0.6) is 5.88 Å². The molecule has 2 aromatic rings. The number of rotatable bonds is 8. The molecule has 0 radical (unpaired) electrons. The van der Waals surface area contributed by atoms with Crippen LogP contribution in [0.3, 0.4) is 0 Å². The zero-order chi connectivity index (χ0) is 27.7. The molecule has 8 heteroatoms. The van der Waals surface area contributed by atoms with E-state index in [1.54, 1.807) is 19.3 Å². The second kappa shape index (κ2) is 10.9. The summed E-state index contributed by atoms with van der Waals surface area (Å²) in [7, 11) is 0.